The van der Waals surface area contributed by atoms with Crippen LogP contribution in [0.2, 0.25) is 0 Å². The Hall–Kier alpha value is -1.10. The zero-order valence-corrected chi connectivity index (χ0v) is 9.57. The zero-order valence-electron chi connectivity index (χ0n) is 9.57. The van der Waals surface area contributed by atoms with E-state index >= 15 is 0 Å². The molecule has 0 spiro atoms. The molecular weight excluding hydrogens is 210 g/mol. The van der Waals surface area contributed by atoms with Crippen LogP contribution in [0.4, 0.5) is 0 Å². The van der Waals surface area contributed by atoms with Crippen molar-refractivity contribution in [3.63, 3.8) is 0 Å². The van der Waals surface area contributed by atoms with Gasteiger partial charge in [-0.2, -0.15) is 0 Å². The van der Waals surface area contributed by atoms with E-state index in [2.05, 4.69) is 5.32 Å². The van der Waals surface area contributed by atoms with E-state index in [1.54, 1.807) is 0 Å². The second-order valence-electron chi connectivity index (χ2n) is 4.20. The lowest BCUT2D eigenvalue weighted by atomic mass is 9.96. The van der Waals surface area contributed by atoms with Gasteiger partial charge in [-0.15, -0.1) is 0 Å². The minimum Gasteiger partial charge on any atom is -0.481 e. The summed E-state index contributed by atoms with van der Waals surface area (Å²) in [6.45, 7) is 3.54. The summed E-state index contributed by atoms with van der Waals surface area (Å²) in [5.74, 6) is -1.85. The molecule has 1 saturated heterocycles. The standard InChI is InChI=1S/C11H19NO4/c1-8(11(14)15)10(13)12-5-2-9-3-6-16-7-4-9/h8-9H,2-7H2,1H3,(H,12,13)(H,14,15). The number of carbonyl (C=O) groups excluding carboxylic acids is 1. The van der Waals surface area contributed by atoms with Crippen LogP contribution in [0.3, 0.4) is 0 Å². The largest absolute Gasteiger partial charge is 0.481 e. The van der Waals surface area contributed by atoms with Gasteiger partial charge in [-0.25, -0.2) is 0 Å². The van der Waals surface area contributed by atoms with Crippen molar-refractivity contribution < 1.29 is 19.4 Å². The quantitative estimate of drug-likeness (QED) is 0.678. The van der Waals surface area contributed by atoms with Gasteiger partial charge in [0.25, 0.3) is 0 Å². The fourth-order valence-corrected chi connectivity index (χ4v) is 1.70. The van der Waals surface area contributed by atoms with E-state index in [0.29, 0.717) is 12.5 Å². The van der Waals surface area contributed by atoms with Gasteiger partial charge in [0.2, 0.25) is 5.91 Å². The maximum atomic E-state index is 11.3. The molecule has 1 fully saturated rings. The van der Waals surface area contributed by atoms with Crippen molar-refractivity contribution in [3.8, 4) is 0 Å². The molecule has 0 aliphatic carbocycles. The fraction of sp³-hybridized carbons (Fsp3) is 0.818. The first-order chi connectivity index (χ1) is 7.61. The van der Waals surface area contributed by atoms with Crippen LogP contribution in [0.1, 0.15) is 26.2 Å². The number of carboxylic acids is 1. The molecule has 1 rings (SSSR count). The number of rotatable bonds is 5. The van der Waals surface area contributed by atoms with Crippen LogP contribution in [0.15, 0.2) is 0 Å². The highest BCUT2D eigenvalue weighted by Crippen LogP contribution is 2.17. The number of carboxylic acid groups (broad SMARTS) is 1. The summed E-state index contributed by atoms with van der Waals surface area (Å²) in [5, 5.41) is 11.3. The molecule has 0 radical (unpaired) electrons. The SMILES string of the molecule is CC(C(=O)O)C(=O)NCCC1CCOCC1. The van der Waals surface area contributed by atoms with Crippen molar-refractivity contribution in [3.05, 3.63) is 0 Å². The van der Waals surface area contributed by atoms with Crippen LogP contribution >= 0.6 is 0 Å². The van der Waals surface area contributed by atoms with Crippen molar-refractivity contribution in [2.75, 3.05) is 19.8 Å². The second kappa shape index (κ2) is 6.48. The van der Waals surface area contributed by atoms with Crippen molar-refractivity contribution in [1.82, 2.24) is 5.32 Å². The number of carbonyl (C=O) groups is 2. The summed E-state index contributed by atoms with van der Waals surface area (Å²) in [5.41, 5.74) is 0. The molecule has 0 aromatic heterocycles. The van der Waals surface area contributed by atoms with E-state index in [0.717, 1.165) is 32.5 Å². The van der Waals surface area contributed by atoms with E-state index in [-0.39, 0.29) is 0 Å². The summed E-state index contributed by atoms with van der Waals surface area (Å²) in [6, 6.07) is 0. The molecule has 1 heterocycles. The van der Waals surface area contributed by atoms with Crippen molar-refractivity contribution in [1.29, 1.82) is 0 Å². The van der Waals surface area contributed by atoms with E-state index < -0.39 is 17.8 Å². The number of ether oxygens (including phenoxy) is 1. The normalized spacial score (nSPS) is 19.1. The lowest BCUT2D eigenvalue weighted by molar-refractivity contribution is -0.146. The lowest BCUT2D eigenvalue weighted by Gasteiger charge is -2.22. The molecule has 0 saturated carbocycles. The predicted molar refractivity (Wildman–Crippen MR) is 58.0 cm³/mol. The summed E-state index contributed by atoms with van der Waals surface area (Å²) < 4.78 is 5.23. The van der Waals surface area contributed by atoms with Crippen molar-refractivity contribution in [2.24, 2.45) is 11.8 Å². The average Bonchev–Trinajstić information content (AvgIpc) is 2.29. The van der Waals surface area contributed by atoms with Gasteiger partial charge in [-0.05, 0) is 32.1 Å². The maximum absolute atomic E-state index is 11.3. The molecule has 0 aromatic rings. The van der Waals surface area contributed by atoms with Gasteiger partial charge in [0.1, 0.15) is 5.92 Å². The number of nitrogens with one attached hydrogen (secondary N) is 1. The Bertz CT molecular complexity index is 248. The van der Waals surface area contributed by atoms with Crippen LogP contribution in [0, 0.1) is 11.8 Å². The number of hydrogen-bond acceptors (Lipinski definition) is 3. The van der Waals surface area contributed by atoms with Gasteiger partial charge in [-0.1, -0.05) is 0 Å². The lowest BCUT2D eigenvalue weighted by Crippen LogP contribution is -2.35. The van der Waals surface area contributed by atoms with Crippen molar-refractivity contribution in [2.45, 2.75) is 26.2 Å². The first-order valence-electron chi connectivity index (χ1n) is 5.69. The Morgan fingerprint density at radius 3 is 2.62 bits per heavy atom. The highest BCUT2D eigenvalue weighted by molar-refractivity contribution is 5.96. The van der Waals surface area contributed by atoms with Crippen LogP contribution in [-0.2, 0) is 14.3 Å². The molecule has 2 N–H and O–H groups in total. The van der Waals surface area contributed by atoms with E-state index in [1.807, 2.05) is 0 Å². The molecule has 16 heavy (non-hydrogen) atoms. The molecule has 1 aliphatic rings. The zero-order chi connectivity index (χ0) is 12.0. The Morgan fingerprint density at radius 2 is 2.06 bits per heavy atom. The van der Waals surface area contributed by atoms with Gasteiger partial charge < -0.3 is 15.2 Å². The van der Waals surface area contributed by atoms with Crippen LogP contribution in [0.5, 0.6) is 0 Å². The monoisotopic (exact) mass is 229 g/mol. The predicted octanol–water partition coefficient (Wildman–Crippen LogP) is 0.640. The molecule has 92 valence electrons. The second-order valence-corrected chi connectivity index (χ2v) is 4.20. The minimum absolute atomic E-state index is 0.403. The van der Waals surface area contributed by atoms with Gasteiger partial charge in [0.05, 0.1) is 0 Å². The topological polar surface area (TPSA) is 75.6 Å². The molecule has 1 unspecified atom stereocenters. The third-order valence-electron chi connectivity index (χ3n) is 2.96. The third kappa shape index (κ3) is 4.18. The van der Waals surface area contributed by atoms with Gasteiger partial charge in [0.15, 0.2) is 0 Å². The van der Waals surface area contributed by atoms with E-state index in [1.165, 1.54) is 6.92 Å². The number of hydrogen-bond donors (Lipinski definition) is 2. The molecule has 0 bridgehead atoms. The summed E-state index contributed by atoms with van der Waals surface area (Å²) in [4.78, 5) is 21.8. The average molecular weight is 229 g/mol. The Kier molecular flexibility index (Phi) is 5.25. The van der Waals surface area contributed by atoms with Gasteiger partial charge in [-0.3, -0.25) is 9.59 Å². The first kappa shape index (κ1) is 13.0. The van der Waals surface area contributed by atoms with Gasteiger partial charge in [0, 0.05) is 19.8 Å². The third-order valence-corrected chi connectivity index (χ3v) is 2.96. The van der Waals surface area contributed by atoms with E-state index in [4.69, 9.17) is 9.84 Å². The smallest absolute Gasteiger partial charge is 0.315 e. The van der Waals surface area contributed by atoms with Crippen LogP contribution < -0.4 is 5.32 Å². The Morgan fingerprint density at radius 1 is 1.44 bits per heavy atom. The Labute approximate surface area is 95.2 Å². The summed E-state index contributed by atoms with van der Waals surface area (Å²) in [6.07, 6.45) is 2.97. The van der Waals surface area contributed by atoms with Gasteiger partial charge >= 0.3 is 5.97 Å². The fourth-order valence-electron chi connectivity index (χ4n) is 1.70. The molecule has 1 atom stereocenters. The Balaban J connectivity index is 2.14. The summed E-state index contributed by atoms with van der Waals surface area (Å²) >= 11 is 0. The first-order valence-corrected chi connectivity index (χ1v) is 5.69. The number of amides is 1. The molecule has 1 amide bonds. The minimum atomic E-state index is -1.08. The maximum Gasteiger partial charge on any atom is 0.315 e. The molecule has 1 aliphatic heterocycles. The van der Waals surface area contributed by atoms with E-state index in [9.17, 15) is 9.59 Å². The summed E-state index contributed by atoms with van der Waals surface area (Å²) in [7, 11) is 0. The number of aliphatic carboxylic acids is 1. The highest BCUT2D eigenvalue weighted by Gasteiger charge is 2.20. The molecule has 0 aromatic carbocycles. The molecule has 5 nitrogen and oxygen atoms in total. The molecule has 5 heteroatoms. The highest BCUT2D eigenvalue weighted by atomic mass is 16.5. The van der Waals surface area contributed by atoms with Crippen LogP contribution in [-0.4, -0.2) is 36.7 Å². The van der Waals surface area contributed by atoms with Crippen molar-refractivity contribution >= 4 is 11.9 Å². The van der Waals surface area contributed by atoms with Crippen LogP contribution in [0.25, 0.3) is 0 Å². The molecular formula is C11H19NO4.